The molecule has 23 heavy (non-hydrogen) atoms. The number of hydrogen-bond donors (Lipinski definition) is 2. The van der Waals surface area contributed by atoms with Crippen molar-refractivity contribution in [2.75, 3.05) is 18.1 Å². The third kappa shape index (κ3) is 5.42. The van der Waals surface area contributed by atoms with Gasteiger partial charge in [-0.15, -0.1) is 0 Å². The fourth-order valence-corrected chi connectivity index (χ4v) is 3.81. The van der Waals surface area contributed by atoms with Gasteiger partial charge in [0.1, 0.15) is 0 Å². The van der Waals surface area contributed by atoms with E-state index in [1.54, 1.807) is 17.8 Å². The fraction of sp³-hybridized carbons (Fsp3) is 0.562. The number of carbonyl (C=O) groups excluding carboxylic acids is 1. The summed E-state index contributed by atoms with van der Waals surface area (Å²) in [6.45, 7) is 0.00571. The molecule has 0 aliphatic carbocycles. The number of nitrogens with one attached hydrogen (secondary N) is 1. The Hall–Kier alpha value is -1.21. The van der Waals surface area contributed by atoms with Crippen molar-refractivity contribution < 1.29 is 23.1 Å². The summed E-state index contributed by atoms with van der Waals surface area (Å²) in [5.74, 6) is -0.938. The van der Waals surface area contributed by atoms with E-state index in [0.29, 0.717) is 12.8 Å². The maximum Gasteiger partial charge on any atom is 0.396 e. The van der Waals surface area contributed by atoms with Crippen molar-refractivity contribution in [3.05, 3.63) is 35.9 Å². The predicted molar refractivity (Wildman–Crippen MR) is 84.4 cm³/mol. The lowest BCUT2D eigenvalue weighted by Gasteiger charge is -2.32. The van der Waals surface area contributed by atoms with Crippen LogP contribution in [0, 0.1) is 0 Å². The molecular formula is C16H20F3NO2S. The molecule has 1 amide bonds. The van der Waals surface area contributed by atoms with Crippen molar-refractivity contribution >= 4 is 17.7 Å². The summed E-state index contributed by atoms with van der Waals surface area (Å²) < 4.78 is 39.6. The second kappa shape index (κ2) is 7.57. The number of hydrogen-bond acceptors (Lipinski definition) is 3. The summed E-state index contributed by atoms with van der Waals surface area (Å²) in [6.07, 6.45) is -4.08. The molecule has 1 saturated heterocycles. The van der Waals surface area contributed by atoms with Crippen molar-refractivity contribution in [3.8, 4) is 0 Å². The number of thioether (sulfide) groups is 1. The fourth-order valence-electron chi connectivity index (χ4n) is 2.56. The third-order valence-electron chi connectivity index (χ3n) is 4.02. The Bertz CT molecular complexity index is 516. The van der Waals surface area contributed by atoms with Gasteiger partial charge in [-0.3, -0.25) is 4.79 Å². The first-order valence-electron chi connectivity index (χ1n) is 7.49. The molecule has 1 heterocycles. The highest BCUT2D eigenvalue weighted by molar-refractivity contribution is 7.99. The Morgan fingerprint density at radius 1 is 1.26 bits per heavy atom. The molecule has 3 nitrogen and oxygen atoms in total. The van der Waals surface area contributed by atoms with Crippen LogP contribution in [-0.2, 0) is 4.79 Å². The summed E-state index contributed by atoms with van der Waals surface area (Å²) in [5, 5.41) is 12.7. The number of benzene rings is 1. The minimum Gasteiger partial charge on any atom is -0.388 e. The molecule has 0 aromatic heterocycles. The molecule has 1 unspecified atom stereocenters. The molecule has 128 valence electrons. The maximum absolute atomic E-state index is 13.2. The highest BCUT2D eigenvalue weighted by Crippen LogP contribution is 2.37. The molecule has 7 heteroatoms. The number of alkyl halides is 3. The van der Waals surface area contributed by atoms with E-state index in [1.807, 2.05) is 0 Å². The van der Waals surface area contributed by atoms with Crippen LogP contribution in [0.1, 0.15) is 30.7 Å². The van der Waals surface area contributed by atoms with E-state index in [1.165, 1.54) is 24.3 Å². The molecule has 0 radical (unpaired) electrons. The molecule has 1 aromatic rings. The molecule has 0 bridgehead atoms. The predicted octanol–water partition coefficient (Wildman–Crippen LogP) is 3.10. The highest BCUT2D eigenvalue weighted by Gasteiger charge is 2.42. The van der Waals surface area contributed by atoms with Crippen LogP contribution < -0.4 is 5.32 Å². The number of rotatable bonds is 5. The molecule has 1 aromatic carbocycles. The molecule has 2 N–H and O–H groups in total. The lowest BCUT2D eigenvalue weighted by Crippen LogP contribution is -2.45. The molecule has 1 atom stereocenters. The SMILES string of the molecule is O=C(CC(c1ccccc1)C(F)(F)F)NCC1(O)CCSCC1. The summed E-state index contributed by atoms with van der Waals surface area (Å²) in [6, 6.07) is 7.42. The van der Waals surface area contributed by atoms with Gasteiger partial charge in [0.2, 0.25) is 5.91 Å². The topological polar surface area (TPSA) is 49.3 Å². The van der Waals surface area contributed by atoms with Crippen LogP contribution in [0.15, 0.2) is 30.3 Å². The van der Waals surface area contributed by atoms with Crippen LogP contribution in [0.25, 0.3) is 0 Å². The first kappa shape index (κ1) is 18.1. The number of halogens is 3. The summed E-state index contributed by atoms with van der Waals surface area (Å²) in [5.41, 5.74) is -0.926. The molecule has 1 fully saturated rings. The van der Waals surface area contributed by atoms with Gasteiger partial charge in [-0.25, -0.2) is 0 Å². The average Bonchev–Trinajstić information content (AvgIpc) is 2.51. The van der Waals surface area contributed by atoms with Gasteiger partial charge in [-0.05, 0) is 29.9 Å². The van der Waals surface area contributed by atoms with Gasteiger partial charge in [-0.1, -0.05) is 30.3 Å². The number of aliphatic hydroxyl groups is 1. The Morgan fingerprint density at radius 2 is 1.87 bits per heavy atom. The van der Waals surface area contributed by atoms with E-state index in [4.69, 9.17) is 0 Å². The molecule has 1 aliphatic rings. The highest BCUT2D eigenvalue weighted by atomic mass is 32.2. The Balaban J connectivity index is 1.95. The zero-order valence-electron chi connectivity index (χ0n) is 12.6. The van der Waals surface area contributed by atoms with E-state index in [9.17, 15) is 23.1 Å². The van der Waals surface area contributed by atoms with Crippen molar-refractivity contribution in [2.24, 2.45) is 0 Å². The summed E-state index contributed by atoms with van der Waals surface area (Å²) >= 11 is 1.72. The van der Waals surface area contributed by atoms with Crippen molar-refractivity contribution in [3.63, 3.8) is 0 Å². The van der Waals surface area contributed by atoms with Crippen molar-refractivity contribution in [2.45, 2.75) is 37.0 Å². The second-order valence-corrected chi connectivity index (χ2v) is 7.05. The first-order valence-corrected chi connectivity index (χ1v) is 8.64. The van der Waals surface area contributed by atoms with Gasteiger partial charge >= 0.3 is 6.18 Å². The molecular weight excluding hydrogens is 327 g/mol. The first-order chi connectivity index (χ1) is 10.8. The van der Waals surface area contributed by atoms with Gasteiger partial charge < -0.3 is 10.4 Å². The molecule has 0 saturated carbocycles. The van der Waals surface area contributed by atoms with Gasteiger partial charge in [0.15, 0.2) is 0 Å². The van der Waals surface area contributed by atoms with Crippen molar-refractivity contribution in [1.82, 2.24) is 5.32 Å². The normalized spacial score (nSPS) is 19.1. The number of carbonyl (C=O) groups is 1. The Kier molecular flexibility index (Phi) is 5.97. The van der Waals surface area contributed by atoms with Crippen LogP contribution in [0.4, 0.5) is 13.2 Å². The van der Waals surface area contributed by atoms with E-state index in [0.717, 1.165) is 11.5 Å². The lowest BCUT2D eigenvalue weighted by molar-refractivity contribution is -0.157. The minimum absolute atomic E-state index is 0.00571. The minimum atomic E-state index is -4.49. The van der Waals surface area contributed by atoms with Gasteiger partial charge in [0.25, 0.3) is 0 Å². The van der Waals surface area contributed by atoms with E-state index in [2.05, 4.69) is 5.32 Å². The smallest absolute Gasteiger partial charge is 0.388 e. The van der Waals surface area contributed by atoms with Gasteiger partial charge in [-0.2, -0.15) is 24.9 Å². The van der Waals surface area contributed by atoms with E-state index < -0.39 is 30.0 Å². The molecule has 1 aliphatic heterocycles. The monoisotopic (exact) mass is 347 g/mol. The largest absolute Gasteiger partial charge is 0.396 e. The zero-order chi connectivity index (χ0) is 16.9. The van der Waals surface area contributed by atoms with E-state index in [-0.39, 0.29) is 12.1 Å². The summed E-state index contributed by atoms with van der Waals surface area (Å²) in [7, 11) is 0. The Morgan fingerprint density at radius 3 is 2.43 bits per heavy atom. The summed E-state index contributed by atoms with van der Waals surface area (Å²) in [4.78, 5) is 11.9. The maximum atomic E-state index is 13.2. The molecule has 0 spiro atoms. The van der Waals surface area contributed by atoms with Crippen LogP contribution in [0.2, 0.25) is 0 Å². The number of amides is 1. The molecule has 2 rings (SSSR count). The van der Waals surface area contributed by atoms with Crippen LogP contribution >= 0.6 is 11.8 Å². The van der Waals surface area contributed by atoms with Crippen LogP contribution in [0.5, 0.6) is 0 Å². The third-order valence-corrected chi connectivity index (χ3v) is 5.01. The lowest BCUT2D eigenvalue weighted by atomic mass is 9.94. The average molecular weight is 347 g/mol. The van der Waals surface area contributed by atoms with E-state index >= 15 is 0 Å². The quantitative estimate of drug-likeness (QED) is 0.861. The Labute approximate surface area is 137 Å². The van der Waals surface area contributed by atoms with Crippen molar-refractivity contribution in [1.29, 1.82) is 0 Å². The van der Waals surface area contributed by atoms with Gasteiger partial charge in [0.05, 0.1) is 11.5 Å². The second-order valence-electron chi connectivity index (χ2n) is 5.82. The zero-order valence-corrected chi connectivity index (χ0v) is 13.4. The van der Waals surface area contributed by atoms with Crippen LogP contribution in [-0.4, -0.2) is 40.8 Å². The van der Waals surface area contributed by atoms with Gasteiger partial charge in [0, 0.05) is 13.0 Å². The standard InChI is InChI=1S/C16H20F3NO2S/c17-16(18,19)13(12-4-2-1-3-5-12)10-14(21)20-11-15(22)6-8-23-9-7-15/h1-5,13,22H,6-11H2,(H,20,21). The van der Waals surface area contributed by atoms with Crippen LogP contribution in [0.3, 0.4) is 0 Å².